The summed E-state index contributed by atoms with van der Waals surface area (Å²) >= 11 is 0. The van der Waals surface area contributed by atoms with Crippen molar-refractivity contribution in [3.05, 3.63) is 59.0 Å². The fourth-order valence-electron chi connectivity index (χ4n) is 3.63. The highest BCUT2D eigenvalue weighted by Gasteiger charge is 2.35. The molecule has 1 aromatic carbocycles. The van der Waals surface area contributed by atoms with Gasteiger partial charge in [0.25, 0.3) is 5.91 Å². The van der Waals surface area contributed by atoms with Gasteiger partial charge >= 0.3 is 0 Å². The number of carbonyl (C=O) groups excluding carboxylic acids is 2. The summed E-state index contributed by atoms with van der Waals surface area (Å²) in [7, 11) is 0. The van der Waals surface area contributed by atoms with E-state index in [2.05, 4.69) is 15.3 Å². The predicted octanol–water partition coefficient (Wildman–Crippen LogP) is 2.79. The lowest BCUT2D eigenvalue weighted by Crippen LogP contribution is -2.51. The van der Waals surface area contributed by atoms with Crippen LogP contribution in [0.1, 0.15) is 45.1 Å². The first kappa shape index (κ1) is 17.2. The van der Waals surface area contributed by atoms with Gasteiger partial charge in [0.15, 0.2) is 5.78 Å². The summed E-state index contributed by atoms with van der Waals surface area (Å²) in [5.41, 5.74) is 4.41. The zero-order valence-corrected chi connectivity index (χ0v) is 15.6. The van der Waals surface area contributed by atoms with E-state index in [0.29, 0.717) is 24.3 Å². The summed E-state index contributed by atoms with van der Waals surface area (Å²) in [6, 6.07) is 10.00. The van der Waals surface area contributed by atoms with E-state index in [9.17, 15) is 9.59 Å². The molecule has 0 aliphatic carbocycles. The second-order valence-corrected chi connectivity index (χ2v) is 6.99. The first-order chi connectivity index (χ1) is 13.0. The number of amides is 1. The highest BCUT2D eigenvalue weighted by atomic mass is 16.2. The van der Waals surface area contributed by atoms with Crippen molar-refractivity contribution < 1.29 is 9.59 Å². The van der Waals surface area contributed by atoms with Crippen LogP contribution in [0.15, 0.2) is 36.5 Å². The highest BCUT2D eigenvalue weighted by Crippen LogP contribution is 2.27. The Kier molecular flexibility index (Phi) is 4.14. The number of benzene rings is 1. The second kappa shape index (κ2) is 6.50. The molecule has 0 atom stereocenters. The molecule has 3 aromatic rings. The molecule has 0 radical (unpaired) electrons. The van der Waals surface area contributed by atoms with Crippen LogP contribution in [0, 0.1) is 13.8 Å². The molecule has 7 heteroatoms. The van der Waals surface area contributed by atoms with E-state index in [1.54, 1.807) is 4.90 Å². The Morgan fingerprint density at radius 3 is 2.48 bits per heavy atom. The number of H-pyrrole nitrogens is 1. The van der Waals surface area contributed by atoms with Crippen LogP contribution in [0.5, 0.6) is 0 Å². The Bertz CT molecular complexity index is 1010. The largest absolute Gasteiger partial charge is 0.354 e. The molecule has 0 bridgehead atoms. The van der Waals surface area contributed by atoms with Crippen LogP contribution in [0.3, 0.4) is 0 Å². The predicted molar refractivity (Wildman–Crippen MR) is 101 cm³/mol. The van der Waals surface area contributed by atoms with Crippen LogP contribution in [0.2, 0.25) is 0 Å². The molecule has 1 amide bonds. The number of aromatic amines is 1. The van der Waals surface area contributed by atoms with E-state index in [0.717, 1.165) is 22.5 Å². The summed E-state index contributed by atoms with van der Waals surface area (Å²) in [6.45, 7) is 6.30. The van der Waals surface area contributed by atoms with Crippen molar-refractivity contribution >= 4 is 11.7 Å². The Morgan fingerprint density at radius 1 is 1.15 bits per heavy atom. The number of aromatic nitrogens is 4. The normalized spacial score (nSPS) is 14.3. The maximum Gasteiger partial charge on any atom is 0.270 e. The molecule has 3 heterocycles. The molecule has 0 saturated carbocycles. The maximum absolute atomic E-state index is 12.8. The minimum absolute atomic E-state index is 0.0298. The van der Waals surface area contributed by atoms with Gasteiger partial charge in [-0.2, -0.15) is 0 Å². The van der Waals surface area contributed by atoms with Crippen molar-refractivity contribution in [1.82, 2.24) is 24.9 Å². The lowest BCUT2D eigenvalue weighted by molar-refractivity contribution is 0.0492. The topological polar surface area (TPSA) is 83.9 Å². The zero-order valence-electron chi connectivity index (χ0n) is 15.6. The highest BCUT2D eigenvalue weighted by molar-refractivity contribution is 6.02. The summed E-state index contributed by atoms with van der Waals surface area (Å²) < 4.78 is 1.82. The lowest BCUT2D eigenvalue weighted by Gasteiger charge is -2.38. The number of nitrogens with one attached hydrogen (secondary N) is 1. The van der Waals surface area contributed by atoms with Gasteiger partial charge in [0.05, 0.1) is 12.2 Å². The Balaban J connectivity index is 1.46. The fourth-order valence-corrected chi connectivity index (χ4v) is 3.63. The molecule has 7 nitrogen and oxygen atoms in total. The monoisotopic (exact) mass is 363 g/mol. The Morgan fingerprint density at radius 2 is 1.85 bits per heavy atom. The molecule has 1 fully saturated rings. The van der Waals surface area contributed by atoms with Gasteiger partial charge in [0, 0.05) is 29.9 Å². The van der Waals surface area contributed by atoms with Crippen LogP contribution < -0.4 is 0 Å². The van der Waals surface area contributed by atoms with Gasteiger partial charge in [-0.25, -0.2) is 4.68 Å². The van der Waals surface area contributed by atoms with E-state index in [4.69, 9.17) is 0 Å². The van der Waals surface area contributed by atoms with Crippen molar-refractivity contribution in [2.75, 3.05) is 13.1 Å². The average Bonchev–Trinajstić information content (AvgIpc) is 3.19. The third-order valence-corrected chi connectivity index (χ3v) is 5.11. The molecular formula is C20H21N5O2. The molecular weight excluding hydrogens is 342 g/mol. The van der Waals surface area contributed by atoms with E-state index >= 15 is 0 Å². The third kappa shape index (κ3) is 2.95. The van der Waals surface area contributed by atoms with Crippen LogP contribution in [-0.4, -0.2) is 49.7 Å². The number of aryl methyl sites for hydroxylation is 1. The molecule has 1 aliphatic heterocycles. The van der Waals surface area contributed by atoms with Gasteiger partial charge in [-0.3, -0.25) is 9.59 Å². The molecule has 1 aliphatic rings. The molecule has 27 heavy (non-hydrogen) atoms. The van der Waals surface area contributed by atoms with E-state index in [1.807, 2.05) is 55.1 Å². The molecule has 0 unspecified atom stereocenters. The van der Waals surface area contributed by atoms with Crippen molar-refractivity contribution in [1.29, 1.82) is 0 Å². The van der Waals surface area contributed by atoms with Crippen LogP contribution >= 0.6 is 0 Å². The van der Waals surface area contributed by atoms with E-state index in [-0.39, 0.29) is 17.7 Å². The number of rotatable bonds is 4. The number of Topliss-reactive ketones (excluding diaryl/α,β-unsaturated/α-hetero) is 1. The van der Waals surface area contributed by atoms with Gasteiger partial charge in [0.1, 0.15) is 11.4 Å². The number of ketones is 1. The van der Waals surface area contributed by atoms with E-state index < -0.39 is 0 Å². The summed E-state index contributed by atoms with van der Waals surface area (Å²) in [4.78, 5) is 29.4. The van der Waals surface area contributed by atoms with Crippen molar-refractivity contribution in [3.8, 4) is 11.3 Å². The first-order valence-corrected chi connectivity index (χ1v) is 8.92. The van der Waals surface area contributed by atoms with Gasteiger partial charge in [-0.05, 0) is 26.3 Å². The lowest BCUT2D eigenvalue weighted by atomic mass is 10.0. The standard InChI is InChI=1S/C20H21N5O2/c1-12-18(14(3)26)13(2)21-19(12)20(27)24-9-16(10-24)25-11-17(22-23-25)15-7-5-4-6-8-15/h4-8,11,16,21H,9-10H2,1-3H3. The quantitative estimate of drug-likeness (QED) is 0.723. The zero-order chi connectivity index (χ0) is 19.1. The molecule has 4 rings (SSSR count). The Labute approximate surface area is 157 Å². The third-order valence-electron chi connectivity index (χ3n) is 5.11. The van der Waals surface area contributed by atoms with Gasteiger partial charge in [-0.15, -0.1) is 5.10 Å². The number of nitrogens with zero attached hydrogens (tertiary/aromatic N) is 4. The fraction of sp³-hybridized carbons (Fsp3) is 0.300. The smallest absolute Gasteiger partial charge is 0.270 e. The van der Waals surface area contributed by atoms with Crippen molar-refractivity contribution in [3.63, 3.8) is 0 Å². The van der Waals surface area contributed by atoms with Gasteiger partial charge < -0.3 is 9.88 Å². The van der Waals surface area contributed by atoms with Gasteiger partial charge in [0.2, 0.25) is 0 Å². The second-order valence-electron chi connectivity index (χ2n) is 6.99. The summed E-state index contributed by atoms with van der Waals surface area (Å²) in [6.07, 6.45) is 1.92. The average molecular weight is 363 g/mol. The minimum Gasteiger partial charge on any atom is -0.354 e. The van der Waals surface area contributed by atoms with Crippen LogP contribution in [0.25, 0.3) is 11.3 Å². The minimum atomic E-state index is -0.0808. The van der Waals surface area contributed by atoms with Crippen LogP contribution in [0.4, 0.5) is 0 Å². The van der Waals surface area contributed by atoms with Crippen molar-refractivity contribution in [2.45, 2.75) is 26.8 Å². The van der Waals surface area contributed by atoms with Crippen LogP contribution in [-0.2, 0) is 0 Å². The molecule has 2 aromatic heterocycles. The van der Waals surface area contributed by atoms with E-state index in [1.165, 1.54) is 6.92 Å². The number of hydrogen-bond acceptors (Lipinski definition) is 4. The molecule has 1 N–H and O–H groups in total. The molecule has 0 spiro atoms. The van der Waals surface area contributed by atoms with Crippen molar-refractivity contribution in [2.24, 2.45) is 0 Å². The number of likely N-dealkylation sites (tertiary alicyclic amines) is 1. The number of carbonyl (C=O) groups is 2. The SMILES string of the molecule is CC(=O)c1c(C)[nH]c(C(=O)N2CC(n3cc(-c4ccccc4)nn3)C2)c1C. The summed E-state index contributed by atoms with van der Waals surface area (Å²) in [5, 5.41) is 8.45. The summed E-state index contributed by atoms with van der Waals surface area (Å²) in [5.74, 6) is -0.111. The Hall–Kier alpha value is -3.22. The first-order valence-electron chi connectivity index (χ1n) is 8.92. The van der Waals surface area contributed by atoms with Gasteiger partial charge in [-0.1, -0.05) is 35.5 Å². The maximum atomic E-state index is 12.8. The number of hydrogen-bond donors (Lipinski definition) is 1. The molecule has 1 saturated heterocycles. The molecule has 138 valence electrons.